The minimum absolute atomic E-state index is 0.0309. The number of benzene rings is 1. The Labute approximate surface area is 290 Å². The maximum Gasteiger partial charge on any atom is 0.306 e. The first-order valence-electron chi connectivity index (χ1n) is 17.3. The van der Waals surface area contributed by atoms with Gasteiger partial charge in [-0.3, -0.25) is 19.3 Å². The first kappa shape index (κ1) is 36.0. The van der Waals surface area contributed by atoms with Crippen molar-refractivity contribution in [3.05, 3.63) is 63.8 Å². The SMILES string of the molecule is Cc1ccc(N(CCCN2CC3=CN(C(=O)c4c(C)ncnc4C)CC3C2)C(=O)C2CCN(CCCC(=O)OC(C)(C)C)CC2)cc1Cl. The highest BCUT2D eigenvalue weighted by atomic mass is 35.5. The molecule has 3 aliphatic rings. The fourth-order valence-electron chi connectivity index (χ4n) is 7.08. The summed E-state index contributed by atoms with van der Waals surface area (Å²) in [6, 6.07) is 5.90. The van der Waals surface area contributed by atoms with Crippen LogP contribution in [0.25, 0.3) is 0 Å². The van der Waals surface area contributed by atoms with Gasteiger partial charge in [0, 0.05) is 67.9 Å². The third-order valence-corrected chi connectivity index (χ3v) is 10.1. The molecule has 1 unspecified atom stereocenters. The lowest BCUT2D eigenvalue weighted by Gasteiger charge is -2.34. The lowest BCUT2D eigenvalue weighted by Crippen LogP contribution is -2.44. The second-order valence-corrected chi connectivity index (χ2v) is 15.0. The van der Waals surface area contributed by atoms with Crippen LogP contribution in [0.2, 0.25) is 5.02 Å². The van der Waals surface area contributed by atoms with Crippen LogP contribution in [0.1, 0.15) is 80.2 Å². The van der Waals surface area contributed by atoms with E-state index < -0.39 is 5.60 Å². The van der Waals surface area contributed by atoms with E-state index in [1.54, 1.807) is 0 Å². The number of ether oxygens (including phenoxy) is 1. The van der Waals surface area contributed by atoms with E-state index in [1.807, 2.05) is 75.7 Å². The molecule has 0 aliphatic carbocycles. The molecule has 10 nitrogen and oxygen atoms in total. The standard InChI is InChI=1S/C37H51ClN6O4/c1-25-10-11-31(19-32(25)38)44(35(46)28-12-17-41(18-13-28)14-7-9-33(45)48-37(4,5)6)16-8-15-42-20-29-22-43(23-30(29)21-42)36(47)34-26(2)39-24-40-27(34)3/h10-11,19,22,24,28,30H,7-9,12-18,20-21,23H2,1-6H3. The summed E-state index contributed by atoms with van der Waals surface area (Å²) in [4.78, 5) is 56.4. The zero-order valence-electron chi connectivity index (χ0n) is 29.4. The summed E-state index contributed by atoms with van der Waals surface area (Å²) in [6.07, 6.45) is 7.12. The zero-order chi connectivity index (χ0) is 34.6. The predicted molar refractivity (Wildman–Crippen MR) is 188 cm³/mol. The van der Waals surface area contributed by atoms with Gasteiger partial charge in [-0.2, -0.15) is 0 Å². The Kier molecular flexibility index (Phi) is 11.6. The molecule has 2 saturated heterocycles. The smallest absolute Gasteiger partial charge is 0.306 e. The van der Waals surface area contributed by atoms with Gasteiger partial charge in [-0.05, 0) is 110 Å². The highest BCUT2D eigenvalue weighted by Gasteiger charge is 2.36. The molecular weight excluding hydrogens is 628 g/mol. The first-order chi connectivity index (χ1) is 22.8. The molecule has 4 heterocycles. The number of carbonyl (C=O) groups excluding carboxylic acids is 3. The summed E-state index contributed by atoms with van der Waals surface area (Å²) >= 11 is 6.53. The maximum atomic E-state index is 14.0. The van der Waals surface area contributed by atoms with Crippen molar-refractivity contribution >= 4 is 35.1 Å². The number of likely N-dealkylation sites (tertiary alicyclic amines) is 2. The Hall–Kier alpha value is -3.34. The second kappa shape index (κ2) is 15.5. The van der Waals surface area contributed by atoms with Gasteiger partial charge in [-0.1, -0.05) is 17.7 Å². The molecule has 3 aliphatic heterocycles. The molecule has 1 aromatic carbocycles. The van der Waals surface area contributed by atoms with Gasteiger partial charge >= 0.3 is 5.97 Å². The van der Waals surface area contributed by atoms with E-state index in [2.05, 4.69) is 19.8 Å². The number of hydrogen-bond donors (Lipinski definition) is 0. The van der Waals surface area contributed by atoms with E-state index in [4.69, 9.17) is 16.3 Å². The Morgan fingerprint density at radius 1 is 0.979 bits per heavy atom. The largest absolute Gasteiger partial charge is 0.460 e. The Bertz CT molecular complexity index is 1510. The molecule has 1 aromatic heterocycles. The summed E-state index contributed by atoms with van der Waals surface area (Å²) in [6.45, 7) is 17.7. The van der Waals surface area contributed by atoms with E-state index >= 15 is 0 Å². The molecule has 1 atom stereocenters. The van der Waals surface area contributed by atoms with E-state index in [-0.39, 0.29) is 23.7 Å². The van der Waals surface area contributed by atoms with Crippen LogP contribution in [0.5, 0.6) is 0 Å². The van der Waals surface area contributed by atoms with Crippen LogP contribution in [-0.4, -0.2) is 100 Å². The quantitative estimate of drug-likeness (QED) is 0.284. The third-order valence-electron chi connectivity index (χ3n) is 9.65. The maximum absolute atomic E-state index is 14.0. The van der Waals surface area contributed by atoms with Gasteiger partial charge in [0.05, 0.1) is 17.0 Å². The number of rotatable bonds is 11. The Balaban J connectivity index is 1.13. The van der Waals surface area contributed by atoms with Crippen molar-refractivity contribution in [3.63, 3.8) is 0 Å². The normalized spacial score (nSPS) is 18.9. The average Bonchev–Trinajstić information content (AvgIpc) is 3.59. The zero-order valence-corrected chi connectivity index (χ0v) is 30.2. The van der Waals surface area contributed by atoms with Crippen LogP contribution in [-0.2, 0) is 14.3 Å². The number of anilines is 1. The summed E-state index contributed by atoms with van der Waals surface area (Å²) in [5, 5.41) is 0.663. The van der Waals surface area contributed by atoms with Crippen LogP contribution in [0, 0.1) is 32.6 Å². The first-order valence-corrected chi connectivity index (χ1v) is 17.7. The van der Waals surface area contributed by atoms with Crippen molar-refractivity contribution in [3.8, 4) is 0 Å². The number of fused-ring (bicyclic) bond motifs is 1. The van der Waals surface area contributed by atoms with E-state index in [9.17, 15) is 14.4 Å². The van der Waals surface area contributed by atoms with E-state index in [0.29, 0.717) is 47.4 Å². The fourth-order valence-corrected chi connectivity index (χ4v) is 7.26. The Morgan fingerprint density at radius 2 is 1.67 bits per heavy atom. The number of hydrogen-bond acceptors (Lipinski definition) is 8. The van der Waals surface area contributed by atoms with Crippen LogP contribution in [0.4, 0.5) is 5.69 Å². The molecule has 48 heavy (non-hydrogen) atoms. The molecule has 2 fully saturated rings. The molecule has 0 saturated carbocycles. The second-order valence-electron chi connectivity index (χ2n) is 14.6. The van der Waals surface area contributed by atoms with Gasteiger partial charge in [0.15, 0.2) is 0 Å². The fraction of sp³-hybridized carbons (Fsp3) is 0.595. The van der Waals surface area contributed by atoms with E-state index in [0.717, 1.165) is 76.2 Å². The van der Waals surface area contributed by atoms with Gasteiger partial charge in [0.1, 0.15) is 11.9 Å². The van der Waals surface area contributed by atoms with Crippen LogP contribution in [0.15, 0.2) is 36.3 Å². The van der Waals surface area contributed by atoms with Gasteiger partial charge in [0.25, 0.3) is 5.91 Å². The van der Waals surface area contributed by atoms with Crippen molar-refractivity contribution in [1.29, 1.82) is 0 Å². The van der Waals surface area contributed by atoms with Crippen molar-refractivity contribution in [2.24, 2.45) is 11.8 Å². The number of carbonyl (C=O) groups is 3. The predicted octanol–water partition coefficient (Wildman–Crippen LogP) is 5.58. The molecule has 2 aromatic rings. The number of aryl methyl sites for hydroxylation is 3. The number of piperidine rings is 1. The van der Waals surface area contributed by atoms with Gasteiger partial charge in [-0.25, -0.2) is 9.97 Å². The topological polar surface area (TPSA) is 99.2 Å². The average molecular weight is 679 g/mol. The molecule has 2 amide bonds. The highest BCUT2D eigenvalue weighted by molar-refractivity contribution is 6.31. The van der Waals surface area contributed by atoms with Crippen molar-refractivity contribution in [2.75, 3.05) is 57.3 Å². The van der Waals surface area contributed by atoms with Crippen molar-refractivity contribution in [1.82, 2.24) is 24.7 Å². The third kappa shape index (κ3) is 9.01. The number of esters is 1. The highest BCUT2D eigenvalue weighted by Crippen LogP contribution is 2.32. The minimum Gasteiger partial charge on any atom is -0.460 e. The van der Waals surface area contributed by atoms with Crippen LogP contribution < -0.4 is 4.90 Å². The molecule has 0 N–H and O–H groups in total. The molecule has 0 radical (unpaired) electrons. The van der Waals surface area contributed by atoms with Gasteiger partial charge in [0.2, 0.25) is 5.91 Å². The summed E-state index contributed by atoms with van der Waals surface area (Å²) in [5.74, 6) is 0.247. The molecule has 11 heteroatoms. The summed E-state index contributed by atoms with van der Waals surface area (Å²) in [7, 11) is 0. The number of amides is 2. The minimum atomic E-state index is -0.463. The number of aromatic nitrogens is 2. The summed E-state index contributed by atoms with van der Waals surface area (Å²) in [5.41, 5.74) is 4.67. The molecule has 0 bridgehead atoms. The molecule has 5 rings (SSSR count). The van der Waals surface area contributed by atoms with Crippen LogP contribution in [0.3, 0.4) is 0 Å². The monoisotopic (exact) mass is 678 g/mol. The lowest BCUT2D eigenvalue weighted by atomic mass is 9.94. The molecule has 0 spiro atoms. The number of nitrogens with zero attached hydrogens (tertiary/aromatic N) is 6. The number of halogens is 1. The lowest BCUT2D eigenvalue weighted by molar-refractivity contribution is -0.155. The van der Waals surface area contributed by atoms with Crippen molar-refractivity contribution < 1.29 is 19.1 Å². The summed E-state index contributed by atoms with van der Waals surface area (Å²) < 4.78 is 5.44. The van der Waals surface area contributed by atoms with E-state index in [1.165, 1.54) is 11.9 Å². The van der Waals surface area contributed by atoms with Crippen molar-refractivity contribution in [2.45, 2.75) is 79.2 Å². The molecular formula is C37H51ClN6O4. The van der Waals surface area contributed by atoms with Crippen LogP contribution >= 0.6 is 11.6 Å². The Morgan fingerprint density at radius 3 is 2.31 bits per heavy atom. The van der Waals surface area contributed by atoms with Gasteiger partial charge in [-0.15, -0.1) is 0 Å². The van der Waals surface area contributed by atoms with Gasteiger partial charge < -0.3 is 19.4 Å². The molecule has 260 valence electrons.